The number of aliphatic hydroxyl groups is 1. The summed E-state index contributed by atoms with van der Waals surface area (Å²) in [6.07, 6.45) is -1.72. The van der Waals surface area contributed by atoms with Crippen LogP contribution >= 0.6 is 0 Å². The molecule has 1 aliphatic heterocycles. The summed E-state index contributed by atoms with van der Waals surface area (Å²) in [6, 6.07) is 3.18. The topological polar surface area (TPSA) is 127 Å². The number of ether oxygens (including phenoxy) is 6. The van der Waals surface area contributed by atoms with E-state index >= 15 is 0 Å². The zero-order valence-electron chi connectivity index (χ0n) is 19.8. The maximum atomic E-state index is 12.7. The molecule has 0 unspecified atom stereocenters. The number of esters is 3. The molecule has 182 valence electrons. The molecule has 0 saturated carbocycles. The van der Waals surface area contributed by atoms with Crippen LogP contribution in [-0.2, 0) is 28.6 Å². The molecule has 1 N–H and O–H groups in total. The number of allylic oxidation sites excluding steroid dienone is 1. The molecular formula is C23H30O10. The molecule has 10 heteroatoms. The number of fused-ring (bicyclic) bond motifs is 1. The minimum Gasteiger partial charge on any atom is -0.493 e. The van der Waals surface area contributed by atoms with Gasteiger partial charge in [0.1, 0.15) is 12.2 Å². The van der Waals surface area contributed by atoms with Crippen LogP contribution in [0.1, 0.15) is 53.2 Å². The molecule has 1 aromatic carbocycles. The standard InChI is InChI=1S/C23H30O10/c1-8-12(2)21(25)33-19(16-9-17(28-7)20-18(10-16)29-11-30-20)13(3)31-22(26)23(6,27)14(4)32-15(5)24/h8-10,13-14,19,27H,11H2,1-7H3/t13-,14+,19-,23-/m1/s1. The molecule has 0 aromatic heterocycles. The minimum absolute atomic E-state index is 0.00126. The lowest BCUT2D eigenvalue weighted by Gasteiger charge is -2.31. The number of carbonyl (C=O) groups excluding carboxylic acids is 3. The van der Waals surface area contributed by atoms with E-state index in [1.54, 1.807) is 32.1 Å². The minimum atomic E-state index is -2.14. The predicted octanol–water partition coefficient (Wildman–Crippen LogP) is 2.61. The summed E-state index contributed by atoms with van der Waals surface area (Å²) in [4.78, 5) is 36.5. The normalized spacial score (nSPS) is 17.3. The lowest BCUT2D eigenvalue weighted by atomic mass is 9.99. The molecule has 1 aromatic rings. The summed E-state index contributed by atoms with van der Waals surface area (Å²) < 4.78 is 32.2. The second-order valence-corrected chi connectivity index (χ2v) is 7.76. The van der Waals surface area contributed by atoms with E-state index in [9.17, 15) is 19.5 Å². The molecule has 0 radical (unpaired) electrons. The summed E-state index contributed by atoms with van der Waals surface area (Å²) >= 11 is 0. The van der Waals surface area contributed by atoms with Gasteiger partial charge in [-0.3, -0.25) is 4.79 Å². The van der Waals surface area contributed by atoms with Crippen molar-refractivity contribution in [3.63, 3.8) is 0 Å². The van der Waals surface area contributed by atoms with E-state index in [-0.39, 0.29) is 6.79 Å². The van der Waals surface area contributed by atoms with E-state index < -0.39 is 41.8 Å². The quantitative estimate of drug-likeness (QED) is 0.330. The van der Waals surface area contributed by atoms with E-state index in [1.165, 1.54) is 27.9 Å². The summed E-state index contributed by atoms with van der Waals surface area (Å²) in [5, 5.41) is 10.6. The van der Waals surface area contributed by atoms with Gasteiger partial charge in [-0.15, -0.1) is 0 Å². The fourth-order valence-electron chi connectivity index (χ4n) is 2.95. The number of rotatable bonds is 9. The summed E-state index contributed by atoms with van der Waals surface area (Å²) in [5.74, 6) is -1.22. The monoisotopic (exact) mass is 466 g/mol. The summed E-state index contributed by atoms with van der Waals surface area (Å²) in [5.41, 5.74) is -1.37. The lowest BCUT2D eigenvalue weighted by Crippen LogP contribution is -2.49. The molecule has 0 fully saturated rings. The van der Waals surface area contributed by atoms with Crippen molar-refractivity contribution in [1.82, 2.24) is 0 Å². The van der Waals surface area contributed by atoms with Gasteiger partial charge in [-0.25, -0.2) is 9.59 Å². The maximum absolute atomic E-state index is 12.7. The Labute approximate surface area is 192 Å². The second kappa shape index (κ2) is 10.6. The molecular weight excluding hydrogens is 436 g/mol. The van der Waals surface area contributed by atoms with Gasteiger partial charge >= 0.3 is 17.9 Å². The predicted molar refractivity (Wildman–Crippen MR) is 115 cm³/mol. The smallest absolute Gasteiger partial charge is 0.342 e. The highest BCUT2D eigenvalue weighted by Gasteiger charge is 2.43. The van der Waals surface area contributed by atoms with Crippen LogP contribution in [0.25, 0.3) is 0 Å². The second-order valence-electron chi connectivity index (χ2n) is 7.76. The zero-order valence-corrected chi connectivity index (χ0v) is 19.8. The average molecular weight is 466 g/mol. The molecule has 0 bridgehead atoms. The van der Waals surface area contributed by atoms with Gasteiger partial charge in [0.2, 0.25) is 12.5 Å². The first-order valence-corrected chi connectivity index (χ1v) is 10.3. The number of hydrogen-bond donors (Lipinski definition) is 1. The van der Waals surface area contributed by atoms with Gasteiger partial charge in [-0.05, 0) is 46.8 Å². The first-order valence-electron chi connectivity index (χ1n) is 10.3. The Morgan fingerprint density at radius 1 is 1.12 bits per heavy atom. The first kappa shape index (κ1) is 26.0. The maximum Gasteiger partial charge on any atom is 0.342 e. The first-order chi connectivity index (χ1) is 15.4. The van der Waals surface area contributed by atoms with Crippen molar-refractivity contribution < 1.29 is 47.9 Å². The number of carbonyl (C=O) groups is 3. The van der Waals surface area contributed by atoms with Crippen molar-refractivity contribution in [3.05, 3.63) is 29.3 Å². The Kier molecular flexibility index (Phi) is 8.32. The van der Waals surface area contributed by atoms with Gasteiger partial charge in [0.05, 0.1) is 7.11 Å². The molecule has 4 atom stereocenters. The molecule has 10 nitrogen and oxygen atoms in total. The third kappa shape index (κ3) is 5.95. The van der Waals surface area contributed by atoms with E-state index in [0.29, 0.717) is 28.4 Å². The Balaban J connectivity index is 2.37. The van der Waals surface area contributed by atoms with E-state index in [2.05, 4.69) is 0 Å². The number of benzene rings is 1. The SMILES string of the molecule is CC=C(C)C(=O)O[C@@H](c1cc(OC)c2c(c1)OCO2)[C@@H](C)OC(=O)[C@](C)(O)[C@H](C)OC(C)=O. The van der Waals surface area contributed by atoms with Crippen molar-refractivity contribution in [1.29, 1.82) is 0 Å². The fraction of sp³-hybridized carbons (Fsp3) is 0.522. The van der Waals surface area contributed by atoms with Gasteiger partial charge < -0.3 is 33.5 Å². The highest BCUT2D eigenvalue weighted by molar-refractivity contribution is 5.88. The van der Waals surface area contributed by atoms with E-state index in [1.807, 2.05) is 0 Å². The molecule has 1 aliphatic rings. The van der Waals surface area contributed by atoms with Crippen LogP contribution in [0.4, 0.5) is 0 Å². The molecule has 0 saturated heterocycles. The van der Waals surface area contributed by atoms with Crippen molar-refractivity contribution in [2.75, 3.05) is 13.9 Å². The molecule has 2 rings (SSSR count). The fourth-order valence-corrected chi connectivity index (χ4v) is 2.95. The molecule has 0 aliphatic carbocycles. The van der Waals surface area contributed by atoms with Crippen molar-refractivity contribution >= 4 is 17.9 Å². The van der Waals surface area contributed by atoms with Crippen LogP contribution in [0, 0.1) is 0 Å². The number of hydrogen-bond acceptors (Lipinski definition) is 10. The van der Waals surface area contributed by atoms with Crippen LogP contribution in [0.2, 0.25) is 0 Å². The van der Waals surface area contributed by atoms with Crippen LogP contribution in [-0.4, -0.2) is 54.7 Å². The van der Waals surface area contributed by atoms with Crippen molar-refractivity contribution in [3.8, 4) is 17.2 Å². The summed E-state index contributed by atoms with van der Waals surface area (Å²) in [7, 11) is 1.45. The Morgan fingerprint density at radius 2 is 1.79 bits per heavy atom. The Hall–Kier alpha value is -3.27. The van der Waals surface area contributed by atoms with Crippen LogP contribution in [0.3, 0.4) is 0 Å². The lowest BCUT2D eigenvalue weighted by molar-refractivity contribution is -0.192. The Morgan fingerprint density at radius 3 is 2.36 bits per heavy atom. The van der Waals surface area contributed by atoms with Gasteiger partial charge in [0.15, 0.2) is 23.2 Å². The van der Waals surface area contributed by atoms with E-state index in [0.717, 1.165) is 6.92 Å². The molecule has 33 heavy (non-hydrogen) atoms. The van der Waals surface area contributed by atoms with Gasteiger partial charge in [-0.1, -0.05) is 6.08 Å². The molecule has 1 heterocycles. The van der Waals surface area contributed by atoms with Gasteiger partial charge in [0, 0.05) is 18.1 Å². The molecule has 0 amide bonds. The Bertz CT molecular complexity index is 933. The van der Waals surface area contributed by atoms with Gasteiger partial charge in [-0.2, -0.15) is 0 Å². The highest BCUT2D eigenvalue weighted by atomic mass is 16.7. The van der Waals surface area contributed by atoms with Crippen molar-refractivity contribution in [2.24, 2.45) is 0 Å². The van der Waals surface area contributed by atoms with Crippen LogP contribution in [0.15, 0.2) is 23.8 Å². The third-order valence-corrected chi connectivity index (χ3v) is 5.27. The summed E-state index contributed by atoms with van der Waals surface area (Å²) in [6.45, 7) is 8.47. The average Bonchev–Trinajstić information content (AvgIpc) is 3.23. The van der Waals surface area contributed by atoms with E-state index in [4.69, 9.17) is 28.4 Å². The number of methoxy groups -OCH3 is 1. The molecule has 0 spiro atoms. The third-order valence-electron chi connectivity index (χ3n) is 5.27. The highest BCUT2D eigenvalue weighted by Crippen LogP contribution is 2.44. The van der Waals surface area contributed by atoms with Crippen LogP contribution in [0.5, 0.6) is 17.2 Å². The largest absolute Gasteiger partial charge is 0.493 e. The zero-order chi connectivity index (χ0) is 24.9. The van der Waals surface area contributed by atoms with Crippen LogP contribution < -0.4 is 14.2 Å². The van der Waals surface area contributed by atoms with Crippen molar-refractivity contribution in [2.45, 2.75) is 65.5 Å². The van der Waals surface area contributed by atoms with Gasteiger partial charge in [0.25, 0.3) is 0 Å².